The van der Waals surface area contributed by atoms with Crippen LogP contribution in [0.1, 0.15) is 39.0 Å². The van der Waals surface area contributed by atoms with Crippen LogP contribution < -0.4 is 11.1 Å². The summed E-state index contributed by atoms with van der Waals surface area (Å²) < 4.78 is 12.6. The van der Waals surface area contributed by atoms with Gasteiger partial charge in [0.1, 0.15) is 0 Å². The van der Waals surface area contributed by atoms with Gasteiger partial charge in [-0.05, 0) is 37.4 Å². The van der Waals surface area contributed by atoms with E-state index < -0.39 is 5.95 Å². The van der Waals surface area contributed by atoms with E-state index in [9.17, 15) is 9.18 Å². The normalized spacial score (nSPS) is 12.2. The van der Waals surface area contributed by atoms with E-state index in [4.69, 9.17) is 5.73 Å². The molecule has 1 amide bonds. The first kappa shape index (κ1) is 15.6. The maximum Gasteiger partial charge on any atom is 0.224 e. The number of nitrogens with one attached hydrogen (secondary N) is 1. The summed E-state index contributed by atoms with van der Waals surface area (Å²) >= 11 is 0. The number of amides is 1. The van der Waals surface area contributed by atoms with Crippen LogP contribution >= 0.6 is 0 Å². The first-order valence-electron chi connectivity index (χ1n) is 6.77. The maximum atomic E-state index is 12.6. The van der Waals surface area contributed by atoms with Crippen molar-refractivity contribution in [2.45, 2.75) is 39.0 Å². The molecule has 0 bridgehead atoms. The summed E-state index contributed by atoms with van der Waals surface area (Å²) in [6, 6.07) is 2.73. The number of rotatable bonds is 8. The highest BCUT2D eigenvalue weighted by atomic mass is 19.1. The molecule has 0 aliphatic heterocycles. The van der Waals surface area contributed by atoms with Gasteiger partial charge in [0, 0.05) is 6.42 Å². The van der Waals surface area contributed by atoms with Crippen LogP contribution in [0.15, 0.2) is 18.3 Å². The second-order valence-corrected chi connectivity index (χ2v) is 4.69. The van der Waals surface area contributed by atoms with Crippen LogP contribution in [0.4, 0.5) is 10.1 Å². The summed E-state index contributed by atoms with van der Waals surface area (Å²) in [5, 5.41) is 2.71. The van der Waals surface area contributed by atoms with Crippen LogP contribution in [0, 0.1) is 11.9 Å². The van der Waals surface area contributed by atoms with Gasteiger partial charge in [0.05, 0.1) is 11.9 Å². The molecule has 0 saturated carbocycles. The molecule has 1 heterocycles. The largest absolute Gasteiger partial charge is 0.330 e. The second kappa shape index (κ2) is 8.58. The fourth-order valence-corrected chi connectivity index (χ4v) is 2.09. The predicted molar refractivity (Wildman–Crippen MR) is 74.1 cm³/mol. The third kappa shape index (κ3) is 6.29. The predicted octanol–water partition coefficient (Wildman–Crippen LogP) is 2.70. The van der Waals surface area contributed by atoms with Gasteiger partial charge in [-0.2, -0.15) is 4.39 Å². The Labute approximate surface area is 113 Å². The van der Waals surface area contributed by atoms with E-state index in [0.717, 1.165) is 25.7 Å². The van der Waals surface area contributed by atoms with Crippen LogP contribution in [0.2, 0.25) is 0 Å². The molecule has 0 aliphatic rings. The number of carbonyl (C=O) groups is 1. The van der Waals surface area contributed by atoms with Crippen molar-refractivity contribution in [2.24, 2.45) is 11.7 Å². The monoisotopic (exact) mass is 267 g/mol. The van der Waals surface area contributed by atoms with Gasteiger partial charge in [-0.15, -0.1) is 0 Å². The molecule has 1 aromatic heterocycles. The van der Waals surface area contributed by atoms with E-state index in [1.807, 2.05) is 0 Å². The van der Waals surface area contributed by atoms with E-state index in [1.165, 1.54) is 18.3 Å². The van der Waals surface area contributed by atoms with Gasteiger partial charge in [0.25, 0.3) is 0 Å². The first-order valence-corrected chi connectivity index (χ1v) is 6.77. The molecule has 1 rings (SSSR count). The Bertz CT molecular complexity index is 375. The molecular weight excluding hydrogens is 245 g/mol. The second-order valence-electron chi connectivity index (χ2n) is 4.69. The van der Waals surface area contributed by atoms with Gasteiger partial charge in [-0.1, -0.05) is 19.8 Å². The standard InChI is InChI=1S/C14H22FN3O/c1-2-3-11(8-9-16)4-7-14(19)18-12-5-6-13(15)17-10-12/h5-6,10-11H,2-4,7-9,16H2,1H3,(H,18,19). The molecule has 19 heavy (non-hydrogen) atoms. The number of pyridine rings is 1. The highest BCUT2D eigenvalue weighted by Gasteiger charge is 2.10. The maximum absolute atomic E-state index is 12.6. The quantitative estimate of drug-likeness (QED) is 0.712. The third-order valence-corrected chi connectivity index (χ3v) is 3.06. The lowest BCUT2D eigenvalue weighted by Crippen LogP contribution is -2.15. The van der Waals surface area contributed by atoms with Gasteiger partial charge in [0.2, 0.25) is 11.9 Å². The van der Waals surface area contributed by atoms with Gasteiger partial charge in [0.15, 0.2) is 0 Å². The summed E-state index contributed by atoms with van der Waals surface area (Å²) in [6.07, 6.45) is 5.78. The number of aromatic nitrogens is 1. The third-order valence-electron chi connectivity index (χ3n) is 3.06. The topological polar surface area (TPSA) is 68.0 Å². The van der Waals surface area contributed by atoms with Crippen LogP contribution in [0.5, 0.6) is 0 Å². The van der Waals surface area contributed by atoms with Gasteiger partial charge in [-0.3, -0.25) is 4.79 Å². The molecule has 106 valence electrons. The minimum atomic E-state index is -0.552. The van der Waals surface area contributed by atoms with Crippen molar-refractivity contribution < 1.29 is 9.18 Å². The number of hydrogen-bond acceptors (Lipinski definition) is 3. The van der Waals surface area contributed by atoms with Gasteiger partial charge in [-0.25, -0.2) is 4.98 Å². The summed E-state index contributed by atoms with van der Waals surface area (Å²) in [6.45, 7) is 2.79. The van der Waals surface area contributed by atoms with Crippen molar-refractivity contribution in [1.82, 2.24) is 4.98 Å². The molecule has 0 spiro atoms. The Morgan fingerprint density at radius 1 is 1.42 bits per heavy atom. The van der Waals surface area contributed by atoms with Crippen LogP contribution in [0.3, 0.4) is 0 Å². The zero-order valence-electron chi connectivity index (χ0n) is 11.4. The molecular formula is C14H22FN3O. The summed E-state index contributed by atoms with van der Waals surface area (Å²) in [5.74, 6) is -0.109. The molecule has 3 N–H and O–H groups in total. The Kier molecular flexibility index (Phi) is 7.03. The van der Waals surface area contributed by atoms with Crippen LogP contribution in [-0.4, -0.2) is 17.4 Å². The lowest BCUT2D eigenvalue weighted by Gasteiger charge is -2.14. The molecule has 1 aromatic rings. The molecule has 0 aliphatic carbocycles. The van der Waals surface area contributed by atoms with E-state index in [2.05, 4.69) is 17.2 Å². The molecule has 0 radical (unpaired) electrons. The SMILES string of the molecule is CCCC(CCN)CCC(=O)Nc1ccc(F)nc1. The lowest BCUT2D eigenvalue weighted by atomic mass is 9.94. The molecule has 5 heteroatoms. The molecule has 4 nitrogen and oxygen atoms in total. The number of anilines is 1. The highest BCUT2D eigenvalue weighted by Crippen LogP contribution is 2.17. The Morgan fingerprint density at radius 3 is 2.79 bits per heavy atom. The Balaban J connectivity index is 2.35. The van der Waals surface area contributed by atoms with Crippen molar-refractivity contribution in [3.63, 3.8) is 0 Å². The number of nitrogens with zero attached hydrogens (tertiary/aromatic N) is 1. The Hall–Kier alpha value is -1.49. The number of halogens is 1. The first-order chi connectivity index (χ1) is 9.15. The van der Waals surface area contributed by atoms with Crippen LogP contribution in [0.25, 0.3) is 0 Å². The summed E-state index contributed by atoms with van der Waals surface area (Å²) in [5.41, 5.74) is 6.08. The average molecular weight is 267 g/mol. The van der Waals surface area contributed by atoms with E-state index in [0.29, 0.717) is 24.6 Å². The average Bonchev–Trinajstić information content (AvgIpc) is 2.39. The molecule has 0 aromatic carbocycles. The summed E-state index contributed by atoms with van der Waals surface area (Å²) in [7, 11) is 0. The van der Waals surface area contributed by atoms with Crippen molar-refractivity contribution in [3.05, 3.63) is 24.3 Å². The smallest absolute Gasteiger partial charge is 0.224 e. The lowest BCUT2D eigenvalue weighted by molar-refractivity contribution is -0.116. The van der Waals surface area contributed by atoms with Crippen molar-refractivity contribution in [3.8, 4) is 0 Å². The molecule has 0 saturated heterocycles. The molecule has 0 fully saturated rings. The van der Waals surface area contributed by atoms with Crippen molar-refractivity contribution in [1.29, 1.82) is 0 Å². The molecule has 1 unspecified atom stereocenters. The fourth-order valence-electron chi connectivity index (χ4n) is 2.09. The fraction of sp³-hybridized carbons (Fsp3) is 0.571. The van der Waals surface area contributed by atoms with E-state index >= 15 is 0 Å². The van der Waals surface area contributed by atoms with Crippen molar-refractivity contribution >= 4 is 11.6 Å². The molecule has 1 atom stereocenters. The van der Waals surface area contributed by atoms with Gasteiger partial charge >= 0.3 is 0 Å². The number of nitrogens with two attached hydrogens (primary N) is 1. The number of carbonyl (C=O) groups excluding carboxylic acids is 1. The Morgan fingerprint density at radius 2 is 2.21 bits per heavy atom. The minimum Gasteiger partial charge on any atom is -0.330 e. The number of hydrogen-bond donors (Lipinski definition) is 2. The van der Waals surface area contributed by atoms with E-state index in [1.54, 1.807) is 0 Å². The van der Waals surface area contributed by atoms with E-state index in [-0.39, 0.29) is 5.91 Å². The highest BCUT2D eigenvalue weighted by molar-refractivity contribution is 5.90. The van der Waals surface area contributed by atoms with Crippen LogP contribution in [-0.2, 0) is 4.79 Å². The van der Waals surface area contributed by atoms with Crippen molar-refractivity contribution in [2.75, 3.05) is 11.9 Å². The zero-order valence-corrected chi connectivity index (χ0v) is 11.4. The zero-order chi connectivity index (χ0) is 14.1. The van der Waals surface area contributed by atoms with Gasteiger partial charge < -0.3 is 11.1 Å². The minimum absolute atomic E-state index is 0.0634. The summed E-state index contributed by atoms with van der Waals surface area (Å²) in [4.78, 5) is 15.2.